The number of benzene rings is 1. The second-order valence-electron chi connectivity index (χ2n) is 7.62. The van der Waals surface area contributed by atoms with Gasteiger partial charge in [0, 0.05) is 24.6 Å². The maximum absolute atomic E-state index is 12.2. The van der Waals surface area contributed by atoms with Crippen molar-refractivity contribution in [2.45, 2.75) is 33.3 Å². The van der Waals surface area contributed by atoms with Gasteiger partial charge < -0.3 is 14.2 Å². The summed E-state index contributed by atoms with van der Waals surface area (Å²) >= 11 is 0. The Morgan fingerprint density at radius 1 is 0.838 bits per heavy atom. The summed E-state index contributed by atoms with van der Waals surface area (Å²) in [4.78, 5) is 34.5. The van der Waals surface area contributed by atoms with Gasteiger partial charge in [-0.25, -0.2) is 14.4 Å². The molecule has 0 bridgehead atoms. The highest BCUT2D eigenvalue weighted by molar-refractivity contribution is 5.84. The molecule has 0 spiro atoms. The zero-order chi connectivity index (χ0) is 27.6. The van der Waals surface area contributed by atoms with Gasteiger partial charge in [0.15, 0.2) is 0 Å². The standard InChI is InChI=1S/C31H34O6/c1-7-26(27(8-2)17-13-24(6)36-30(33)10-4)16-11-23(5)12-20-31(34)37-28-18-14-25(15-19-28)21-22-35-29(32)9-3/h7-20,24H,3-5,21-22H2,1-2,6H3/b16-11-,17-13-,20-12+,26-7?,27-8+. The number of carbonyl (C=O) groups is 3. The normalized spacial score (nSPS) is 12.9. The van der Waals surface area contributed by atoms with Crippen molar-refractivity contribution < 1.29 is 28.6 Å². The first-order chi connectivity index (χ1) is 17.7. The lowest BCUT2D eigenvalue weighted by molar-refractivity contribution is -0.140. The fraction of sp³-hybridized carbons (Fsp3) is 0.194. The highest BCUT2D eigenvalue weighted by Crippen LogP contribution is 2.16. The molecule has 0 aliphatic carbocycles. The Hall–Kier alpha value is -4.45. The molecule has 1 aromatic rings. The molecule has 1 rings (SSSR count). The molecule has 0 saturated heterocycles. The first kappa shape index (κ1) is 30.6. The van der Waals surface area contributed by atoms with Crippen LogP contribution in [0.2, 0.25) is 0 Å². The fourth-order valence-electron chi connectivity index (χ4n) is 2.86. The van der Waals surface area contributed by atoms with E-state index < -0.39 is 24.0 Å². The monoisotopic (exact) mass is 502 g/mol. The summed E-state index contributed by atoms with van der Waals surface area (Å²) in [5.74, 6) is -1.08. The number of hydrogen-bond donors (Lipinski definition) is 0. The lowest BCUT2D eigenvalue weighted by Gasteiger charge is -2.08. The van der Waals surface area contributed by atoms with Crippen molar-refractivity contribution in [2.24, 2.45) is 0 Å². The molecule has 37 heavy (non-hydrogen) atoms. The van der Waals surface area contributed by atoms with Crippen LogP contribution in [0.5, 0.6) is 5.75 Å². The molecule has 0 aromatic heterocycles. The van der Waals surface area contributed by atoms with Gasteiger partial charge in [-0.3, -0.25) is 0 Å². The zero-order valence-corrected chi connectivity index (χ0v) is 21.6. The van der Waals surface area contributed by atoms with E-state index in [1.807, 2.05) is 38.2 Å². The largest absolute Gasteiger partial charge is 0.462 e. The van der Waals surface area contributed by atoms with Gasteiger partial charge >= 0.3 is 17.9 Å². The molecule has 0 amide bonds. The van der Waals surface area contributed by atoms with Crippen LogP contribution in [-0.4, -0.2) is 30.6 Å². The number of esters is 3. The quantitative estimate of drug-likeness (QED) is 0.132. The molecular formula is C31H34O6. The second kappa shape index (κ2) is 17.1. The first-order valence-electron chi connectivity index (χ1n) is 11.7. The van der Waals surface area contributed by atoms with Crippen molar-refractivity contribution in [1.29, 1.82) is 0 Å². The summed E-state index contributed by atoms with van der Waals surface area (Å²) < 4.78 is 15.4. The predicted octanol–water partition coefficient (Wildman–Crippen LogP) is 6.10. The average Bonchev–Trinajstić information content (AvgIpc) is 2.89. The Balaban J connectivity index is 2.64. The second-order valence-corrected chi connectivity index (χ2v) is 7.62. The van der Waals surface area contributed by atoms with E-state index in [4.69, 9.17) is 14.2 Å². The van der Waals surface area contributed by atoms with E-state index in [0.29, 0.717) is 17.7 Å². The third-order valence-corrected chi connectivity index (χ3v) is 4.82. The van der Waals surface area contributed by atoms with Gasteiger partial charge in [0.05, 0.1) is 6.61 Å². The van der Waals surface area contributed by atoms with Crippen molar-refractivity contribution in [3.05, 3.63) is 127 Å². The summed E-state index contributed by atoms with van der Waals surface area (Å²) in [5, 5.41) is 0. The number of ether oxygens (including phenoxy) is 3. The number of hydrogen-bond acceptors (Lipinski definition) is 6. The highest BCUT2D eigenvalue weighted by atomic mass is 16.5. The van der Waals surface area contributed by atoms with E-state index in [1.165, 1.54) is 6.08 Å². The van der Waals surface area contributed by atoms with Gasteiger partial charge in [-0.2, -0.15) is 0 Å². The van der Waals surface area contributed by atoms with Crippen molar-refractivity contribution in [1.82, 2.24) is 0 Å². The van der Waals surface area contributed by atoms with Crippen LogP contribution in [0.4, 0.5) is 0 Å². The maximum Gasteiger partial charge on any atom is 0.336 e. The summed E-state index contributed by atoms with van der Waals surface area (Å²) in [6.45, 7) is 16.5. The van der Waals surface area contributed by atoms with Crippen LogP contribution in [0, 0.1) is 0 Å². The van der Waals surface area contributed by atoms with Crippen molar-refractivity contribution in [3.8, 4) is 5.75 Å². The van der Waals surface area contributed by atoms with E-state index in [2.05, 4.69) is 19.7 Å². The molecule has 0 aliphatic heterocycles. The van der Waals surface area contributed by atoms with Crippen molar-refractivity contribution in [3.63, 3.8) is 0 Å². The Morgan fingerprint density at radius 2 is 1.43 bits per heavy atom. The zero-order valence-electron chi connectivity index (χ0n) is 21.6. The van der Waals surface area contributed by atoms with Crippen LogP contribution >= 0.6 is 0 Å². The van der Waals surface area contributed by atoms with E-state index >= 15 is 0 Å². The summed E-state index contributed by atoms with van der Waals surface area (Å²) in [5.41, 5.74) is 3.40. The molecule has 0 radical (unpaired) electrons. The van der Waals surface area contributed by atoms with Gasteiger partial charge in [0.2, 0.25) is 0 Å². The highest BCUT2D eigenvalue weighted by Gasteiger charge is 2.04. The van der Waals surface area contributed by atoms with E-state index in [0.717, 1.165) is 28.9 Å². The van der Waals surface area contributed by atoms with Gasteiger partial charge in [-0.1, -0.05) is 62.2 Å². The molecule has 194 valence electrons. The number of carbonyl (C=O) groups excluding carboxylic acids is 3. The minimum Gasteiger partial charge on any atom is -0.462 e. The Kier molecular flexibility index (Phi) is 14.1. The van der Waals surface area contributed by atoms with Crippen LogP contribution in [0.15, 0.2) is 121 Å². The van der Waals surface area contributed by atoms with Crippen LogP contribution < -0.4 is 4.74 Å². The van der Waals surface area contributed by atoms with E-state index in [1.54, 1.807) is 49.4 Å². The van der Waals surface area contributed by atoms with E-state index in [9.17, 15) is 14.4 Å². The molecule has 0 N–H and O–H groups in total. The third-order valence-electron chi connectivity index (χ3n) is 4.82. The minimum absolute atomic E-state index is 0.243. The smallest absolute Gasteiger partial charge is 0.336 e. The minimum atomic E-state index is -0.534. The third kappa shape index (κ3) is 12.7. The average molecular weight is 503 g/mol. The maximum atomic E-state index is 12.2. The molecule has 6 nitrogen and oxygen atoms in total. The lowest BCUT2D eigenvalue weighted by Crippen LogP contribution is -2.09. The predicted molar refractivity (Wildman–Crippen MR) is 147 cm³/mol. The van der Waals surface area contributed by atoms with Crippen molar-refractivity contribution >= 4 is 17.9 Å². The Labute approximate surface area is 219 Å². The number of allylic oxidation sites excluding steroid dienone is 9. The van der Waals surface area contributed by atoms with Gasteiger partial charge in [-0.15, -0.1) is 0 Å². The fourth-order valence-corrected chi connectivity index (χ4v) is 2.86. The summed E-state index contributed by atoms with van der Waals surface area (Å²) in [6, 6.07) is 6.95. The van der Waals surface area contributed by atoms with Crippen LogP contribution in [-0.2, 0) is 30.3 Å². The van der Waals surface area contributed by atoms with E-state index in [-0.39, 0.29) is 6.61 Å². The lowest BCUT2D eigenvalue weighted by atomic mass is 10.0. The Bertz CT molecular complexity index is 1130. The molecule has 0 aliphatic rings. The first-order valence-corrected chi connectivity index (χ1v) is 11.7. The number of rotatable bonds is 14. The van der Waals surface area contributed by atoms with Crippen LogP contribution in [0.1, 0.15) is 26.3 Å². The molecule has 0 heterocycles. The molecule has 6 heteroatoms. The molecule has 0 fully saturated rings. The summed E-state index contributed by atoms with van der Waals surface area (Å²) in [6.07, 6.45) is 16.4. The Morgan fingerprint density at radius 3 is 2.03 bits per heavy atom. The molecule has 1 aromatic carbocycles. The van der Waals surface area contributed by atoms with Crippen molar-refractivity contribution in [2.75, 3.05) is 6.61 Å². The van der Waals surface area contributed by atoms with Gasteiger partial charge in [0.25, 0.3) is 0 Å². The molecule has 0 saturated carbocycles. The summed E-state index contributed by atoms with van der Waals surface area (Å²) in [7, 11) is 0. The topological polar surface area (TPSA) is 78.9 Å². The molecule has 1 unspecified atom stereocenters. The van der Waals surface area contributed by atoms with Crippen LogP contribution in [0.3, 0.4) is 0 Å². The van der Waals surface area contributed by atoms with Gasteiger partial charge in [-0.05, 0) is 67.3 Å². The SMILES string of the molecule is C=CC(=O)OCCc1ccc(OC(=O)/C=C/C(=C)/C=C\C(=CC)C(/C=C\C(C)OC(=O)C=C)=C/C)cc1. The molecular weight excluding hydrogens is 468 g/mol. The van der Waals surface area contributed by atoms with Crippen LogP contribution in [0.25, 0.3) is 0 Å². The molecule has 1 atom stereocenters. The van der Waals surface area contributed by atoms with Gasteiger partial charge in [0.1, 0.15) is 11.9 Å².